The zero-order valence-corrected chi connectivity index (χ0v) is 31.6. The van der Waals surface area contributed by atoms with Crippen LogP contribution in [0.3, 0.4) is 0 Å². The van der Waals surface area contributed by atoms with Crippen LogP contribution in [0.15, 0.2) is 0 Å². The molecule has 0 bridgehead atoms. The minimum atomic E-state index is -4.89. The molecule has 282 valence electrons. The van der Waals surface area contributed by atoms with Crippen molar-refractivity contribution in [1.29, 1.82) is 0 Å². The predicted octanol–water partition coefficient (Wildman–Crippen LogP) is 3.38. The van der Waals surface area contributed by atoms with Crippen molar-refractivity contribution in [1.82, 2.24) is 10.8 Å². The Kier molecular flexibility index (Phi) is 21.2. The second-order valence-corrected chi connectivity index (χ2v) is 17.2. The van der Waals surface area contributed by atoms with Crippen molar-refractivity contribution in [2.24, 2.45) is 11.8 Å². The van der Waals surface area contributed by atoms with Crippen LogP contribution in [-0.4, -0.2) is 87.1 Å². The highest BCUT2D eigenvalue weighted by atomic mass is 31.2. The summed E-state index contributed by atoms with van der Waals surface area (Å²) in [6.45, 7) is 7.84. The number of phosphoric ester groups is 4. The summed E-state index contributed by atoms with van der Waals surface area (Å²) >= 11 is 0. The second-order valence-electron chi connectivity index (χ2n) is 12.0. The third kappa shape index (κ3) is 22.7. The second kappa shape index (κ2) is 21.0. The number of hydrogen-bond donors (Lipinski definition) is 8. The Hall–Kier alpha value is 0.355. The molecule has 18 nitrogen and oxygen atoms in total. The fourth-order valence-corrected chi connectivity index (χ4v) is 7.61. The highest BCUT2D eigenvalue weighted by Gasteiger charge is 2.39. The van der Waals surface area contributed by atoms with Crippen LogP contribution in [0.25, 0.3) is 0 Å². The zero-order valence-electron chi connectivity index (χ0n) is 28.0. The molecule has 0 fully saturated rings. The van der Waals surface area contributed by atoms with E-state index < -0.39 is 80.2 Å². The van der Waals surface area contributed by atoms with Gasteiger partial charge in [0, 0.05) is 18.4 Å². The van der Waals surface area contributed by atoms with E-state index in [-0.39, 0.29) is 44.8 Å². The van der Waals surface area contributed by atoms with E-state index in [4.69, 9.17) is 42.2 Å². The third-order valence-corrected chi connectivity index (χ3v) is 10.9. The Balaban J connectivity index is 5.42. The van der Waals surface area contributed by atoms with E-state index in [1.165, 1.54) is 12.5 Å². The molecule has 0 heterocycles. The molecule has 0 saturated carbocycles. The quantitative estimate of drug-likeness (QED) is 0.0322. The topological polar surface area (TPSA) is 269 Å². The first-order valence-electron chi connectivity index (χ1n) is 15.1. The molecule has 8 atom stereocenters. The lowest BCUT2D eigenvalue weighted by Gasteiger charge is -2.35. The summed E-state index contributed by atoms with van der Waals surface area (Å²) in [6.07, 6.45) is 0.896. The average molecular weight is 768 g/mol. The molecule has 0 radical (unpaired) electrons. The molecule has 24 heteroatoms. The van der Waals surface area contributed by atoms with E-state index in [2.05, 4.69) is 9.75 Å². The summed E-state index contributed by atoms with van der Waals surface area (Å²) in [6, 6.07) is -0.820. The maximum atomic E-state index is 13.0. The van der Waals surface area contributed by atoms with Gasteiger partial charge < -0.3 is 34.6 Å². The Morgan fingerprint density at radius 3 is 1.66 bits per heavy atom. The van der Waals surface area contributed by atoms with Gasteiger partial charge in [-0.15, -0.1) is 4.48 Å². The largest absolute Gasteiger partial charge is 0.472 e. The molecule has 0 spiro atoms. The van der Waals surface area contributed by atoms with Crippen LogP contribution in [0.1, 0.15) is 86.5 Å². The summed E-state index contributed by atoms with van der Waals surface area (Å²) in [5.74, 6) is -1.39. The van der Waals surface area contributed by atoms with Gasteiger partial charge in [-0.25, -0.2) is 18.3 Å². The van der Waals surface area contributed by atoms with E-state index in [0.717, 1.165) is 0 Å². The van der Waals surface area contributed by atoms with Crippen molar-refractivity contribution in [3.8, 4) is 0 Å². The first kappa shape index (κ1) is 47.4. The van der Waals surface area contributed by atoms with Crippen molar-refractivity contribution in [3.63, 3.8) is 0 Å². The van der Waals surface area contributed by atoms with Gasteiger partial charge in [-0.1, -0.05) is 27.7 Å². The van der Waals surface area contributed by atoms with Crippen LogP contribution in [0.4, 0.5) is 4.48 Å². The lowest BCUT2D eigenvalue weighted by molar-refractivity contribution is -0.0104. The van der Waals surface area contributed by atoms with Gasteiger partial charge in [-0.3, -0.25) is 27.1 Å². The van der Waals surface area contributed by atoms with Gasteiger partial charge in [-0.05, 0) is 64.3 Å². The Morgan fingerprint density at radius 2 is 1.21 bits per heavy atom. The molecule has 0 amide bonds. The molecule has 0 aromatic carbocycles. The van der Waals surface area contributed by atoms with Gasteiger partial charge in [0.2, 0.25) is 0 Å². The van der Waals surface area contributed by atoms with E-state index in [0.29, 0.717) is 12.8 Å². The summed E-state index contributed by atoms with van der Waals surface area (Å²) in [5, 5.41) is 3.02. The predicted molar refractivity (Wildman–Crippen MR) is 172 cm³/mol. The van der Waals surface area contributed by atoms with Crippen molar-refractivity contribution in [2.75, 3.05) is 26.4 Å². The minimum Gasteiger partial charge on any atom is -0.360 e. The van der Waals surface area contributed by atoms with Crippen molar-refractivity contribution in [2.45, 2.75) is 110 Å². The number of rotatable bonds is 28. The first-order valence-corrected chi connectivity index (χ1v) is 21.2. The zero-order chi connectivity index (χ0) is 36.7. The van der Waals surface area contributed by atoms with Crippen LogP contribution < -0.4 is 10.8 Å². The molecule has 8 unspecified atom stereocenters. The third-order valence-electron chi connectivity index (χ3n) is 7.65. The molecular weight excluding hydrogens is 714 g/mol. The molecule has 0 aromatic heterocycles. The van der Waals surface area contributed by atoms with Crippen LogP contribution in [0.2, 0.25) is 0 Å². The van der Waals surface area contributed by atoms with Crippen LogP contribution >= 0.6 is 31.3 Å². The monoisotopic (exact) mass is 768 g/mol. The van der Waals surface area contributed by atoms with E-state index in [1.54, 1.807) is 35.7 Å². The van der Waals surface area contributed by atoms with Gasteiger partial charge in [-0.2, -0.15) is 5.54 Å². The van der Waals surface area contributed by atoms with Gasteiger partial charge in [0.15, 0.2) is 7.98 Å². The van der Waals surface area contributed by atoms with E-state index in [9.17, 15) is 32.5 Å². The lowest BCUT2D eigenvalue weighted by Crippen LogP contribution is -2.35. The van der Waals surface area contributed by atoms with Gasteiger partial charge >= 0.3 is 31.3 Å². The maximum absolute atomic E-state index is 13.0. The first-order chi connectivity index (χ1) is 21.3. The number of phosphoric acid groups is 4. The maximum Gasteiger partial charge on any atom is 0.472 e. The van der Waals surface area contributed by atoms with Crippen molar-refractivity contribution >= 4 is 39.3 Å². The van der Waals surface area contributed by atoms with Gasteiger partial charge in [0.05, 0.1) is 37.6 Å². The Labute approximate surface area is 277 Å². The summed E-state index contributed by atoms with van der Waals surface area (Å²) in [4.78, 5) is 57.2. The van der Waals surface area contributed by atoms with Crippen LogP contribution in [0.5, 0.6) is 0 Å². The fourth-order valence-electron chi connectivity index (χ4n) is 4.44. The highest BCUT2D eigenvalue weighted by Crippen LogP contribution is 2.52. The standard InChI is InChI=1S/C23H54BFN2O16P4/c1-7-21(27-25)13-20(16-40-45(31,32)33)17-41-47(36,37)42-22(5,8-2)10-11-38-46(34,35)43-23(6,9-3)14-19(12-18(4)26-24)15-39-44(28,29)30/h18-21,26-27H,7-17,24H2,1-6H3,(H,34,35)(H,36,37)(H2,28,29,30)(H2,31,32,33). The van der Waals surface area contributed by atoms with Crippen LogP contribution in [-0.2, 0) is 45.4 Å². The normalized spacial score (nSPS) is 20.7. The summed E-state index contributed by atoms with van der Waals surface area (Å²) in [5.41, 5.74) is -1.15. The van der Waals surface area contributed by atoms with Crippen molar-refractivity contribution in [3.05, 3.63) is 0 Å². The molecule has 8 N–H and O–H groups in total. The van der Waals surface area contributed by atoms with Gasteiger partial charge in [0.25, 0.3) is 0 Å². The Bertz CT molecular complexity index is 1100. The smallest absolute Gasteiger partial charge is 0.360 e. The minimum absolute atomic E-state index is 0.0552. The molecule has 0 aliphatic rings. The molecule has 47 heavy (non-hydrogen) atoms. The summed E-state index contributed by atoms with van der Waals surface area (Å²) < 4.78 is 91.4. The molecule has 0 saturated heterocycles. The lowest BCUT2D eigenvalue weighted by atomic mass is 9.86. The fraction of sp³-hybridized carbons (Fsp3) is 1.00. The number of hydrogen-bond acceptors (Lipinski definition) is 12. The average Bonchev–Trinajstić information content (AvgIpc) is 2.93. The molecule has 0 rings (SSSR count). The molecule has 0 aliphatic heterocycles. The van der Waals surface area contributed by atoms with Crippen LogP contribution in [0, 0.1) is 11.8 Å². The summed E-state index contributed by atoms with van der Waals surface area (Å²) in [7, 11) is -17.5. The Morgan fingerprint density at radius 1 is 0.745 bits per heavy atom. The molecule has 0 aliphatic carbocycles. The van der Waals surface area contributed by atoms with Gasteiger partial charge in [0.1, 0.15) is 0 Å². The molecular formula is C23H54BFN2O16P4. The number of nitrogens with one attached hydrogen (secondary N) is 2. The molecule has 0 aromatic rings. The van der Waals surface area contributed by atoms with Crippen molar-refractivity contribution < 1.29 is 79.2 Å². The highest BCUT2D eigenvalue weighted by molar-refractivity contribution is 7.47. The van der Waals surface area contributed by atoms with E-state index >= 15 is 0 Å². The SMILES string of the molecule is BNC(C)CC(COP(=O)(O)O)CC(C)(CC)OP(=O)(O)OCCC(C)(CC)OP(=O)(O)OCC(COP(=O)(O)O)CC(CC)NF. The van der Waals surface area contributed by atoms with E-state index in [1.807, 2.05) is 6.92 Å². The number of halogens is 1.